The fraction of sp³-hybridized carbons (Fsp3) is 0.944. The average Bonchev–Trinajstić information content (AvgIpc) is 2.97. The molecule has 0 rings (SSSR count). The number of rotatable bonds is 32. The van der Waals surface area contributed by atoms with Gasteiger partial charge >= 0.3 is 23.3 Å². The molecule has 0 aliphatic rings. The molecule has 0 aromatic rings. The maximum Gasteiger partial charge on any atom is 0.643 e. The fourth-order valence-corrected chi connectivity index (χ4v) is 5.30. The van der Waals surface area contributed by atoms with Gasteiger partial charge in [-0.05, 0) is 12.8 Å². The van der Waals surface area contributed by atoms with Gasteiger partial charge in [0.15, 0.2) is 0 Å². The van der Waals surface area contributed by atoms with Crippen molar-refractivity contribution in [2.45, 2.75) is 219 Å². The van der Waals surface area contributed by atoms with Gasteiger partial charge in [-0.1, -0.05) is 194 Å². The SMILES string of the molecule is CCCCCCCCCCCCCCCCCC(=O)O.CCCCCCCCCCCCCCCCCC(=O)O.[Cl][Al]([Cl])[Cl]. The molecule has 0 amide bonds. The fourth-order valence-electron chi connectivity index (χ4n) is 5.30. The topological polar surface area (TPSA) is 74.6 Å². The van der Waals surface area contributed by atoms with Gasteiger partial charge in [0.2, 0.25) is 0 Å². The van der Waals surface area contributed by atoms with Crippen molar-refractivity contribution in [3.05, 3.63) is 0 Å². The molecule has 0 bridgehead atoms. The average molecular weight is 702 g/mol. The molecule has 0 heterocycles. The van der Waals surface area contributed by atoms with Crippen molar-refractivity contribution in [3.63, 3.8) is 0 Å². The summed E-state index contributed by atoms with van der Waals surface area (Å²) in [5.74, 6) is -1.31. The van der Waals surface area contributed by atoms with Crippen LogP contribution in [0.25, 0.3) is 0 Å². The second-order valence-electron chi connectivity index (χ2n) is 12.4. The second-order valence-corrected chi connectivity index (χ2v) is 18.9. The molecule has 8 heteroatoms. The Hall–Kier alpha value is 0.342. The van der Waals surface area contributed by atoms with Gasteiger partial charge in [-0.3, -0.25) is 9.59 Å². The molecule has 0 radical (unpaired) electrons. The number of hydrogen-bond donors (Lipinski definition) is 2. The van der Waals surface area contributed by atoms with Gasteiger partial charge in [0, 0.05) is 12.8 Å². The van der Waals surface area contributed by atoms with Crippen LogP contribution in [0.15, 0.2) is 0 Å². The number of carbonyl (C=O) groups is 2. The van der Waals surface area contributed by atoms with Crippen molar-refractivity contribution in [1.82, 2.24) is 0 Å². The summed E-state index contributed by atoms with van der Waals surface area (Å²) in [5, 5.41) is 17.0. The Balaban J connectivity index is -0.000000680. The minimum Gasteiger partial charge on any atom is -0.481 e. The Labute approximate surface area is 291 Å². The molecule has 0 aliphatic carbocycles. The van der Waals surface area contributed by atoms with Crippen LogP contribution in [-0.2, 0) is 9.59 Å². The zero-order valence-electron chi connectivity index (χ0n) is 29.0. The molecule has 44 heavy (non-hydrogen) atoms. The summed E-state index contributed by atoms with van der Waals surface area (Å²) in [7, 11) is 14.8. The third-order valence-electron chi connectivity index (χ3n) is 7.99. The third kappa shape index (κ3) is 61.4. The zero-order chi connectivity index (χ0) is 33.4. The van der Waals surface area contributed by atoms with Crippen LogP contribution in [0.2, 0.25) is 0 Å². The van der Waals surface area contributed by atoms with E-state index in [-0.39, 0.29) is 0 Å². The van der Waals surface area contributed by atoms with Gasteiger partial charge in [0.1, 0.15) is 0 Å². The van der Waals surface area contributed by atoms with Gasteiger partial charge in [-0.2, -0.15) is 0 Å². The van der Waals surface area contributed by atoms with Gasteiger partial charge in [0.25, 0.3) is 0 Å². The van der Waals surface area contributed by atoms with E-state index in [4.69, 9.17) is 40.4 Å². The molecule has 264 valence electrons. The highest BCUT2D eigenvalue weighted by atomic mass is 35.8. The minimum absolute atomic E-state index is 0.345. The smallest absolute Gasteiger partial charge is 0.481 e. The Morgan fingerprint density at radius 2 is 0.500 bits per heavy atom. The second kappa shape index (κ2) is 45.5. The summed E-state index contributed by atoms with van der Waals surface area (Å²) >= 11 is -1.72. The van der Waals surface area contributed by atoms with Crippen LogP contribution in [0.5, 0.6) is 0 Å². The van der Waals surface area contributed by atoms with E-state index in [1.807, 2.05) is 0 Å². The Kier molecular flexibility index (Phi) is 50.4. The molecule has 0 unspecified atom stereocenters. The predicted octanol–water partition coefficient (Wildman–Crippen LogP) is 14.4. The third-order valence-corrected chi connectivity index (χ3v) is 7.99. The summed E-state index contributed by atoms with van der Waals surface area (Å²) in [4.78, 5) is 20.7. The van der Waals surface area contributed by atoms with Crippen molar-refractivity contribution in [2.75, 3.05) is 0 Å². The molecule has 0 saturated carbocycles. The van der Waals surface area contributed by atoms with Crippen LogP contribution in [0.1, 0.15) is 219 Å². The zero-order valence-corrected chi connectivity index (χ0v) is 32.5. The highest BCUT2D eigenvalue weighted by Crippen LogP contribution is 2.15. The van der Waals surface area contributed by atoms with E-state index < -0.39 is 23.3 Å². The summed E-state index contributed by atoms with van der Waals surface area (Å²) in [5.41, 5.74) is 0. The number of carboxylic acid groups (broad SMARTS) is 2. The summed E-state index contributed by atoms with van der Waals surface area (Å²) in [6, 6.07) is 0. The number of aliphatic carboxylic acids is 2. The van der Waals surface area contributed by atoms with E-state index in [1.165, 1.54) is 167 Å². The molecule has 2 N–H and O–H groups in total. The highest BCUT2D eigenvalue weighted by Gasteiger charge is 2.00. The lowest BCUT2D eigenvalue weighted by Crippen LogP contribution is -1.93. The van der Waals surface area contributed by atoms with E-state index in [0.717, 1.165) is 25.7 Å². The molecular formula is C36H72AlCl3O4. The van der Waals surface area contributed by atoms with Crippen LogP contribution in [0, 0.1) is 0 Å². The Morgan fingerprint density at radius 1 is 0.364 bits per heavy atom. The van der Waals surface area contributed by atoms with Crippen LogP contribution < -0.4 is 0 Å². The summed E-state index contributed by atoms with van der Waals surface area (Å²) < 4.78 is 0. The lowest BCUT2D eigenvalue weighted by molar-refractivity contribution is -0.138. The van der Waals surface area contributed by atoms with Crippen molar-refractivity contribution in [3.8, 4) is 0 Å². The van der Waals surface area contributed by atoms with Crippen LogP contribution in [0.3, 0.4) is 0 Å². The molecule has 0 saturated heterocycles. The van der Waals surface area contributed by atoms with Crippen molar-refractivity contribution in [1.29, 1.82) is 0 Å². The largest absolute Gasteiger partial charge is 0.643 e. The van der Waals surface area contributed by atoms with Crippen molar-refractivity contribution in [2.24, 2.45) is 0 Å². The normalized spacial score (nSPS) is 10.5. The maximum atomic E-state index is 10.3. The van der Waals surface area contributed by atoms with Crippen LogP contribution >= 0.6 is 30.1 Å². The lowest BCUT2D eigenvalue weighted by atomic mass is 10.0. The number of unbranched alkanes of at least 4 members (excludes halogenated alkanes) is 28. The molecule has 0 aliphatic heterocycles. The number of carboxylic acids is 2. The van der Waals surface area contributed by atoms with Crippen molar-refractivity contribution < 1.29 is 19.8 Å². The van der Waals surface area contributed by atoms with Crippen LogP contribution in [-0.4, -0.2) is 33.5 Å². The number of halogens is 3. The molecule has 0 fully saturated rings. The first-order chi connectivity index (χ1) is 21.3. The lowest BCUT2D eigenvalue weighted by Gasteiger charge is -2.03. The standard InChI is InChI=1S/2C18H36O2.Al.3ClH/c2*1-2-3-4-5-6-7-8-9-10-11-12-13-14-15-16-17-18(19)20;;;;/h2*2-17H2,1H3,(H,19,20);;3*1H/q;;+3;;;/p-3. The molecule has 0 aromatic carbocycles. The Morgan fingerprint density at radius 3 is 0.636 bits per heavy atom. The number of hydrogen-bond acceptors (Lipinski definition) is 2. The van der Waals surface area contributed by atoms with E-state index in [1.54, 1.807) is 0 Å². The quantitative estimate of drug-likeness (QED) is 0.0541. The molecule has 0 spiro atoms. The van der Waals surface area contributed by atoms with Crippen molar-refractivity contribution >= 4 is 53.5 Å². The molecule has 0 aromatic heterocycles. The van der Waals surface area contributed by atoms with E-state index >= 15 is 0 Å². The highest BCUT2D eigenvalue weighted by molar-refractivity contribution is 7.54. The molecule has 0 atom stereocenters. The minimum atomic E-state index is -1.72. The van der Waals surface area contributed by atoms with Gasteiger partial charge < -0.3 is 10.2 Å². The first kappa shape index (κ1) is 48.7. The predicted molar refractivity (Wildman–Crippen MR) is 198 cm³/mol. The maximum absolute atomic E-state index is 10.3. The first-order valence-corrected chi connectivity index (χ1v) is 23.9. The summed E-state index contributed by atoms with van der Waals surface area (Å²) in [6.07, 6.45) is 40.4. The summed E-state index contributed by atoms with van der Waals surface area (Å²) in [6.45, 7) is 4.54. The monoisotopic (exact) mass is 700 g/mol. The molecule has 4 nitrogen and oxygen atoms in total. The molecular weight excluding hydrogens is 630 g/mol. The van der Waals surface area contributed by atoms with Gasteiger partial charge in [-0.15, -0.1) is 0 Å². The van der Waals surface area contributed by atoms with Crippen LogP contribution in [0.4, 0.5) is 0 Å². The van der Waals surface area contributed by atoms with E-state index in [2.05, 4.69) is 13.8 Å². The van der Waals surface area contributed by atoms with Gasteiger partial charge in [0.05, 0.1) is 0 Å². The first-order valence-electron chi connectivity index (χ1n) is 18.6. The van der Waals surface area contributed by atoms with Gasteiger partial charge in [-0.25, -0.2) is 30.1 Å². The van der Waals surface area contributed by atoms with E-state index in [0.29, 0.717) is 12.8 Å². The Bertz CT molecular complexity index is 507. The van der Waals surface area contributed by atoms with E-state index in [9.17, 15) is 9.59 Å².